The van der Waals surface area contributed by atoms with E-state index in [1.54, 1.807) is 0 Å². The van der Waals surface area contributed by atoms with E-state index in [2.05, 4.69) is 40.7 Å². The molecular weight excluding hydrogens is 268 g/mol. The van der Waals surface area contributed by atoms with Gasteiger partial charge < -0.3 is 5.11 Å². The molecule has 22 heavy (non-hydrogen) atoms. The van der Waals surface area contributed by atoms with E-state index in [-0.39, 0.29) is 0 Å². The zero-order valence-electron chi connectivity index (χ0n) is 15.2. The van der Waals surface area contributed by atoms with Crippen LogP contribution in [-0.2, 0) is 12.8 Å². The maximum Gasteiger partial charge on any atom is 0.119 e. The lowest BCUT2D eigenvalue weighted by molar-refractivity contribution is 0.129. The first-order chi connectivity index (χ1) is 10.4. The largest absolute Gasteiger partial charge is 0.508 e. The molecule has 2 rings (SSSR count). The summed E-state index contributed by atoms with van der Waals surface area (Å²) in [6.45, 7) is 11.5. The van der Waals surface area contributed by atoms with Gasteiger partial charge in [-0.05, 0) is 72.1 Å². The van der Waals surface area contributed by atoms with Gasteiger partial charge in [0.05, 0.1) is 0 Å². The molecule has 1 nitrogen and oxygen atoms in total. The summed E-state index contributed by atoms with van der Waals surface area (Å²) < 4.78 is 0. The standard InChI is InChI=1S/C21H34O/c1-6-16-10-13-19(22)20(15(2)3)18(16)12-11-17-9-7-8-14-21(17,4)5/h10,13,15,17,22H,6-9,11-12,14H2,1-5H3. The first kappa shape index (κ1) is 17.4. The summed E-state index contributed by atoms with van der Waals surface area (Å²) in [5.74, 6) is 1.71. The molecule has 1 aliphatic carbocycles. The summed E-state index contributed by atoms with van der Waals surface area (Å²) in [6, 6.07) is 4.02. The Hall–Kier alpha value is -0.980. The monoisotopic (exact) mass is 302 g/mol. The molecule has 1 heteroatoms. The van der Waals surface area contributed by atoms with Crippen molar-refractivity contribution in [3.05, 3.63) is 28.8 Å². The fourth-order valence-corrected chi connectivity index (χ4v) is 4.39. The number of phenolic OH excluding ortho intramolecular Hbond substituents is 1. The van der Waals surface area contributed by atoms with Gasteiger partial charge in [0.2, 0.25) is 0 Å². The van der Waals surface area contributed by atoms with Crippen molar-refractivity contribution in [2.24, 2.45) is 11.3 Å². The van der Waals surface area contributed by atoms with E-state index in [1.807, 2.05) is 6.07 Å². The first-order valence-corrected chi connectivity index (χ1v) is 9.20. The fourth-order valence-electron chi connectivity index (χ4n) is 4.39. The van der Waals surface area contributed by atoms with Crippen LogP contribution in [0.5, 0.6) is 5.75 Å². The van der Waals surface area contributed by atoms with Gasteiger partial charge in [0, 0.05) is 0 Å². The minimum atomic E-state index is 0.390. The Morgan fingerprint density at radius 3 is 2.55 bits per heavy atom. The Morgan fingerprint density at radius 1 is 1.23 bits per heavy atom. The Labute approximate surface area is 137 Å². The predicted molar refractivity (Wildman–Crippen MR) is 95.6 cm³/mol. The van der Waals surface area contributed by atoms with E-state index < -0.39 is 0 Å². The van der Waals surface area contributed by atoms with E-state index in [9.17, 15) is 5.11 Å². The van der Waals surface area contributed by atoms with Gasteiger partial charge in [-0.3, -0.25) is 0 Å². The smallest absolute Gasteiger partial charge is 0.119 e. The van der Waals surface area contributed by atoms with Crippen LogP contribution in [0.4, 0.5) is 0 Å². The SMILES string of the molecule is CCc1ccc(O)c(C(C)C)c1CCC1CCCCC1(C)C. The molecule has 0 radical (unpaired) electrons. The van der Waals surface area contributed by atoms with Crippen LogP contribution in [0, 0.1) is 11.3 Å². The van der Waals surface area contributed by atoms with Crippen LogP contribution in [0.3, 0.4) is 0 Å². The molecule has 1 N–H and O–H groups in total. The average Bonchev–Trinajstić information content (AvgIpc) is 2.45. The normalized spacial score (nSPS) is 21.3. The van der Waals surface area contributed by atoms with Crippen LogP contribution >= 0.6 is 0 Å². The van der Waals surface area contributed by atoms with E-state index in [4.69, 9.17) is 0 Å². The maximum atomic E-state index is 10.3. The highest BCUT2D eigenvalue weighted by Gasteiger charge is 2.32. The molecule has 1 aromatic rings. The molecule has 0 spiro atoms. The third kappa shape index (κ3) is 3.67. The van der Waals surface area contributed by atoms with E-state index >= 15 is 0 Å². The van der Waals surface area contributed by atoms with Crippen LogP contribution in [0.25, 0.3) is 0 Å². The van der Waals surface area contributed by atoms with Crippen molar-refractivity contribution < 1.29 is 5.11 Å². The summed E-state index contributed by atoms with van der Waals surface area (Å²) in [5.41, 5.74) is 4.53. The Bertz CT molecular complexity index is 499. The van der Waals surface area contributed by atoms with Gasteiger partial charge >= 0.3 is 0 Å². The molecule has 1 aliphatic rings. The van der Waals surface area contributed by atoms with E-state index in [0.717, 1.165) is 18.8 Å². The molecule has 124 valence electrons. The molecule has 0 bridgehead atoms. The minimum Gasteiger partial charge on any atom is -0.508 e. The highest BCUT2D eigenvalue weighted by atomic mass is 16.3. The van der Waals surface area contributed by atoms with Gasteiger partial charge in [-0.2, -0.15) is 0 Å². The van der Waals surface area contributed by atoms with Gasteiger partial charge in [0.1, 0.15) is 5.75 Å². The molecule has 1 atom stereocenters. The van der Waals surface area contributed by atoms with Crippen LogP contribution < -0.4 is 0 Å². The zero-order valence-corrected chi connectivity index (χ0v) is 15.2. The Morgan fingerprint density at radius 2 is 1.95 bits per heavy atom. The molecular formula is C21H34O. The Balaban J connectivity index is 2.23. The van der Waals surface area contributed by atoms with Crippen molar-refractivity contribution in [1.82, 2.24) is 0 Å². The second kappa shape index (κ2) is 7.06. The van der Waals surface area contributed by atoms with E-state index in [0.29, 0.717) is 17.1 Å². The van der Waals surface area contributed by atoms with Crippen molar-refractivity contribution in [2.45, 2.75) is 85.5 Å². The number of benzene rings is 1. The summed E-state index contributed by atoms with van der Waals surface area (Å²) in [6.07, 6.45) is 8.99. The van der Waals surface area contributed by atoms with Crippen molar-refractivity contribution in [1.29, 1.82) is 0 Å². The van der Waals surface area contributed by atoms with Crippen molar-refractivity contribution in [3.8, 4) is 5.75 Å². The lowest BCUT2D eigenvalue weighted by Gasteiger charge is -2.39. The minimum absolute atomic E-state index is 0.390. The number of rotatable bonds is 5. The summed E-state index contributed by atoms with van der Waals surface area (Å²) in [5, 5.41) is 10.3. The summed E-state index contributed by atoms with van der Waals surface area (Å²) >= 11 is 0. The van der Waals surface area contributed by atoms with Gasteiger partial charge in [0.25, 0.3) is 0 Å². The number of aromatic hydroxyl groups is 1. The van der Waals surface area contributed by atoms with Crippen LogP contribution in [0.1, 0.15) is 89.3 Å². The number of hydrogen-bond acceptors (Lipinski definition) is 1. The summed E-state index contributed by atoms with van der Waals surface area (Å²) in [4.78, 5) is 0. The third-order valence-corrected chi connectivity index (χ3v) is 5.86. The quantitative estimate of drug-likeness (QED) is 0.684. The van der Waals surface area contributed by atoms with Gasteiger partial charge in [-0.15, -0.1) is 0 Å². The molecule has 1 aromatic carbocycles. The van der Waals surface area contributed by atoms with Gasteiger partial charge in [-0.25, -0.2) is 0 Å². The second-order valence-corrected chi connectivity index (χ2v) is 8.11. The summed E-state index contributed by atoms with van der Waals surface area (Å²) in [7, 11) is 0. The molecule has 0 amide bonds. The fraction of sp³-hybridized carbons (Fsp3) is 0.714. The number of phenols is 1. The molecule has 0 heterocycles. The molecule has 1 unspecified atom stereocenters. The van der Waals surface area contributed by atoms with Gasteiger partial charge in [-0.1, -0.05) is 53.5 Å². The maximum absolute atomic E-state index is 10.3. The molecule has 0 aromatic heterocycles. The van der Waals surface area contributed by atoms with Crippen molar-refractivity contribution >= 4 is 0 Å². The van der Waals surface area contributed by atoms with Crippen LogP contribution in [0.2, 0.25) is 0 Å². The number of aryl methyl sites for hydroxylation is 1. The van der Waals surface area contributed by atoms with Crippen molar-refractivity contribution in [2.75, 3.05) is 0 Å². The third-order valence-electron chi connectivity index (χ3n) is 5.86. The molecule has 0 aliphatic heterocycles. The zero-order chi connectivity index (χ0) is 16.3. The Kier molecular flexibility index (Phi) is 5.58. The average molecular weight is 303 g/mol. The lowest BCUT2D eigenvalue weighted by atomic mass is 9.67. The predicted octanol–water partition coefficient (Wildman–Crippen LogP) is 6.23. The number of hydrogen-bond donors (Lipinski definition) is 1. The van der Waals surface area contributed by atoms with Crippen LogP contribution in [0.15, 0.2) is 12.1 Å². The topological polar surface area (TPSA) is 20.2 Å². The van der Waals surface area contributed by atoms with Crippen LogP contribution in [-0.4, -0.2) is 5.11 Å². The molecule has 1 saturated carbocycles. The highest BCUT2D eigenvalue weighted by Crippen LogP contribution is 2.43. The molecule has 1 fully saturated rings. The molecule has 0 saturated heterocycles. The van der Waals surface area contributed by atoms with Crippen molar-refractivity contribution in [3.63, 3.8) is 0 Å². The van der Waals surface area contributed by atoms with E-state index in [1.165, 1.54) is 48.8 Å². The highest BCUT2D eigenvalue weighted by molar-refractivity contribution is 5.46. The lowest BCUT2D eigenvalue weighted by Crippen LogP contribution is -2.28. The van der Waals surface area contributed by atoms with Gasteiger partial charge in [0.15, 0.2) is 0 Å². The second-order valence-electron chi connectivity index (χ2n) is 8.11. The first-order valence-electron chi connectivity index (χ1n) is 9.20.